The molecular formula is C14H15N. The van der Waals surface area contributed by atoms with Crippen LogP contribution in [0.15, 0.2) is 30.3 Å². The molecule has 0 spiro atoms. The first kappa shape index (κ1) is 11.3. The van der Waals surface area contributed by atoms with Crippen LogP contribution < -0.4 is 0 Å². The fourth-order valence-corrected chi connectivity index (χ4v) is 1.25. The van der Waals surface area contributed by atoms with E-state index in [1.165, 1.54) is 0 Å². The highest BCUT2D eigenvalue weighted by molar-refractivity contribution is 5.33. The first-order valence-electron chi connectivity index (χ1n) is 5.26. The van der Waals surface area contributed by atoms with Crippen molar-refractivity contribution in [2.45, 2.75) is 26.2 Å². The Balaban J connectivity index is 2.27. The molecule has 0 heterocycles. The first-order chi connectivity index (χ1) is 7.33. The highest BCUT2D eigenvalue weighted by Gasteiger charge is 1.96. The molecule has 0 saturated carbocycles. The number of rotatable bonds is 3. The third-order valence-corrected chi connectivity index (χ3v) is 2.17. The summed E-state index contributed by atoms with van der Waals surface area (Å²) in [7, 11) is 0. The maximum Gasteiger partial charge on any atom is 0.0652 e. The highest BCUT2D eigenvalue weighted by Crippen LogP contribution is 2.05. The summed E-state index contributed by atoms with van der Waals surface area (Å²) < 4.78 is 0. The molecule has 0 amide bonds. The fraction of sp³-hybridized carbons (Fsp3) is 0.357. The molecule has 1 aromatic carbocycles. The number of nitrogens with zero attached hydrogens (tertiary/aromatic N) is 1. The largest absolute Gasteiger partial charge is 0.198 e. The monoisotopic (exact) mass is 197 g/mol. The predicted molar refractivity (Wildman–Crippen MR) is 61.9 cm³/mol. The first-order valence-corrected chi connectivity index (χ1v) is 5.26. The van der Waals surface area contributed by atoms with Gasteiger partial charge < -0.3 is 0 Å². The summed E-state index contributed by atoms with van der Waals surface area (Å²) in [5.41, 5.74) is 1.06. The van der Waals surface area contributed by atoms with E-state index in [1.807, 2.05) is 37.3 Å². The Bertz CT molecular complexity index is 375. The van der Waals surface area contributed by atoms with E-state index in [0.717, 1.165) is 24.8 Å². The Morgan fingerprint density at radius 2 is 2.00 bits per heavy atom. The van der Waals surface area contributed by atoms with Gasteiger partial charge in [-0.2, -0.15) is 5.26 Å². The molecule has 1 rings (SSSR count). The van der Waals surface area contributed by atoms with Gasteiger partial charge in [-0.1, -0.05) is 30.0 Å². The van der Waals surface area contributed by atoms with Crippen LogP contribution in [0.5, 0.6) is 0 Å². The number of hydrogen-bond acceptors (Lipinski definition) is 1. The van der Waals surface area contributed by atoms with Gasteiger partial charge in [0.1, 0.15) is 0 Å². The van der Waals surface area contributed by atoms with Gasteiger partial charge in [-0.25, -0.2) is 0 Å². The summed E-state index contributed by atoms with van der Waals surface area (Å²) in [6, 6.07) is 12.2. The summed E-state index contributed by atoms with van der Waals surface area (Å²) in [5, 5.41) is 8.58. The van der Waals surface area contributed by atoms with E-state index in [2.05, 4.69) is 17.9 Å². The average Bonchev–Trinajstić information content (AvgIpc) is 2.29. The van der Waals surface area contributed by atoms with Crippen molar-refractivity contribution < 1.29 is 0 Å². The predicted octanol–water partition coefficient (Wildman–Crippen LogP) is 3.37. The molecule has 1 heteroatoms. The van der Waals surface area contributed by atoms with Crippen LogP contribution in [-0.2, 0) is 0 Å². The SMILES string of the molecule is CC(C#N)CCCC#Cc1ccccc1. The summed E-state index contributed by atoms with van der Waals surface area (Å²) in [5.74, 6) is 6.38. The van der Waals surface area contributed by atoms with Crippen LogP contribution in [0.25, 0.3) is 0 Å². The third-order valence-electron chi connectivity index (χ3n) is 2.17. The molecule has 1 aromatic rings. The molecule has 1 atom stereocenters. The molecule has 15 heavy (non-hydrogen) atoms. The summed E-state index contributed by atoms with van der Waals surface area (Å²) in [6.07, 6.45) is 2.83. The minimum Gasteiger partial charge on any atom is -0.198 e. The Kier molecular flexibility index (Phi) is 5.06. The molecule has 0 saturated heterocycles. The normalized spacial score (nSPS) is 10.9. The van der Waals surface area contributed by atoms with Gasteiger partial charge in [0.05, 0.1) is 6.07 Å². The van der Waals surface area contributed by atoms with E-state index in [9.17, 15) is 0 Å². The molecular weight excluding hydrogens is 182 g/mol. The van der Waals surface area contributed by atoms with Crippen LogP contribution >= 0.6 is 0 Å². The Morgan fingerprint density at radius 3 is 2.67 bits per heavy atom. The molecule has 0 aliphatic carbocycles. The molecule has 0 fully saturated rings. The molecule has 1 nitrogen and oxygen atoms in total. The van der Waals surface area contributed by atoms with Crippen molar-refractivity contribution in [3.05, 3.63) is 35.9 Å². The summed E-state index contributed by atoms with van der Waals surface area (Å²) in [4.78, 5) is 0. The quantitative estimate of drug-likeness (QED) is 0.538. The Hall–Kier alpha value is -1.73. The van der Waals surface area contributed by atoms with E-state index < -0.39 is 0 Å². The second-order valence-corrected chi connectivity index (χ2v) is 3.59. The molecule has 0 aliphatic heterocycles. The van der Waals surface area contributed by atoms with E-state index in [0.29, 0.717) is 0 Å². The average molecular weight is 197 g/mol. The molecule has 0 N–H and O–H groups in total. The molecule has 0 aliphatic rings. The van der Waals surface area contributed by atoms with E-state index in [4.69, 9.17) is 5.26 Å². The van der Waals surface area contributed by atoms with Crippen molar-refractivity contribution in [3.63, 3.8) is 0 Å². The van der Waals surface area contributed by atoms with Crippen LogP contribution in [-0.4, -0.2) is 0 Å². The smallest absolute Gasteiger partial charge is 0.0652 e. The van der Waals surface area contributed by atoms with Gasteiger partial charge in [-0.3, -0.25) is 0 Å². The standard InChI is InChI=1S/C14H15N/c1-13(12-15)8-4-2-5-9-14-10-6-3-7-11-14/h3,6-7,10-11,13H,2,4,8H2,1H3. The second kappa shape index (κ2) is 6.68. The zero-order chi connectivity index (χ0) is 10.9. The van der Waals surface area contributed by atoms with Gasteiger partial charge in [0.15, 0.2) is 0 Å². The van der Waals surface area contributed by atoms with E-state index in [1.54, 1.807) is 0 Å². The lowest BCUT2D eigenvalue weighted by Gasteiger charge is -1.96. The van der Waals surface area contributed by atoms with Crippen LogP contribution in [0.4, 0.5) is 0 Å². The molecule has 0 radical (unpaired) electrons. The summed E-state index contributed by atoms with van der Waals surface area (Å²) >= 11 is 0. The lowest BCUT2D eigenvalue weighted by Crippen LogP contribution is -1.88. The van der Waals surface area contributed by atoms with Gasteiger partial charge in [0, 0.05) is 17.9 Å². The van der Waals surface area contributed by atoms with Crippen LogP contribution in [0.3, 0.4) is 0 Å². The van der Waals surface area contributed by atoms with Gasteiger partial charge in [0.2, 0.25) is 0 Å². The van der Waals surface area contributed by atoms with E-state index in [-0.39, 0.29) is 5.92 Å². The lowest BCUT2D eigenvalue weighted by molar-refractivity contribution is 0.627. The van der Waals surface area contributed by atoms with Crippen molar-refractivity contribution in [3.8, 4) is 17.9 Å². The maximum atomic E-state index is 8.58. The van der Waals surface area contributed by atoms with Gasteiger partial charge in [0.25, 0.3) is 0 Å². The van der Waals surface area contributed by atoms with Gasteiger partial charge in [-0.05, 0) is 31.9 Å². The van der Waals surface area contributed by atoms with Crippen molar-refractivity contribution in [2.75, 3.05) is 0 Å². The molecule has 76 valence electrons. The summed E-state index contributed by atoms with van der Waals surface area (Å²) in [6.45, 7) is 1.95. The lowest BCUT2D eigenvalue weighted by atomic mass is 10.1. The third kappa shape index (κ3) is 4.89. The molecule has 0 bridgehead atoms. The number of nitriles is 1. The number of benzene rings is 1. The minimum absolute atomic E-state index is 0.156. The topological polar surface area (TPSA) is 23.8 Å². The van der Waals surface area contributed by atoms with Gasteiger partial charge >= 0.3 is 0 Å². The maximum absolute atomic E-state index is 8.58. The zero-order valence-corrected chi connectivity index (χ0v) is 9.03. The van der Waals surface area contributed by atoms with Crippen molar-refractivity contribution in [1.29, 1.82) is 5.26 Å². The Labute approximate surface area is 91.7 Å². The zero-order valence-electron chi connectivity index (χ0n) is 9.03. The highest BCUT2D eigenvalue weighted by atomic mass is 14.2. The minimum atomic E-state index is 0.156. The molecule has 1 unspecified atom stereocenters. The number of hydrogen-bond donors (Lipinski definition) is 0. The molecule has 0 aromatic heterocycles. The van der Waals surface area contributed by atoms with Crippen molar-refractivity contribution in [2.24, 2.45) is 5.92 Å². The van der Waals surface area contributed by atoms with Crippen LogP contribution in [0.1, 0.15) is 31.7 Å². The van der Waals surface area contributed by atoms with E-state index >= 15 is 0 Å². The van der Waals surface area contributed by atoms with Gasteiger partial charge in [-0.15, -0.1) is 0 Å². The van der Waals surface area contributed by atoms with Crippen molar-refractivity contribution in [1.82, 2.24) is 0 Å². The fourth-order valence-electron chi connectivity index (χ4n) is 1.25. The Morgan fingerprint density at radius 1 is 1.27 bits per heavy atom. The van der Waals surface area contributed by atoms with Crippen LogP contribution in [0, 0.1) is 29.1 Å². The van der Waals surface area contributed by atoms with Crippen molar-refractivity contribution >= 4 is 0 Å². The second-order valence-electron chi connectivity index (χ2n) is 3.59. The number of unbranched alkanes of at least 4 members (excludes halogenated alkanes) is 1. The van der Waals surface area contributed by atoms with Crippen LogP contribution in [0.2, 0.25) is 0 Å².